The lowest BCUT2D eigenvalue weighted by atomic mass is 10.0. The minimum atomic E-state index is 0.563. The van der Waals surface area contributed by atoms with E-state index in [1.807, 2.05) is 78.1 Å². The molecule has 5 heterocycles. The molecular weight excluding hydrogens is 805 g/mol. The Hall–Kier alpha value is -8.39. The molecule has 6 nitrogen and oxygen atoms in total. The number of hydrogen-bond acceptors (Lipinski definition) is 6. The van der Waals surface area contributed by atoms with Crippen LogP contribution in [-0.2, 0) is 0 Å². The van der Waals surface area contributed by atoms with Gasteiger partial charge in [-0.1, -0.05) is 127 Å². The van der Waals surface area contributed by atoms with Crippen LogP contribution in [-0.4, -0.2) is 19.5 Å². The maximum Gasteiger partial charge on any atom is 0.164 e. The maximum atomic E-state index is 6.73. The molecule has 0 spiro atoms. The van der Waals surface area contributed by atoms with Gasteiger partial charge in [0.15, 0.2) is 17.5 Å². The van der Waals surface area contributed by atoms with E-state index in [-0.39, 0.29) is 0 Å². The van der Waals surface area contributed by atoms with E-state index < -0.39 is 0 Å². The van der Waals surface area contributed by atoms with Crippen LogP contribution in [0.3, 0.4) is 0 Å². The number of thiophene rings is 1. The van der Waals surface area contributed by atoms with E-state index in [0.29, 0.717) is 17.5 Å². The summed E-state index contributed by atoms with van der Waals surface area (Å²) in [7, 11) is 0. The molecule has 0 aliphatic carbocycles. The highest BCUT2D eigenvalue weighted by atomic mass is 32.1. The highest BCUT2D eigenvalue weighted by Gasteiger charge is 2.21. The Morgan fingerprint density at radius 2 is 1.00 bits per heavy atom. The molecule has 0 unspecified atom stereocenters. The average Bonchev–Trinajstić information content (AvgIpc) is 4.12. The van der Waals surface area contributed by atoms with Crippen LogP contribution in [0.25, 0.3) is 137 Å². The zero-order valence-electron chi connectivity index (χ0n) is 34.0. The van der Waals surface area contributed by atoms with E-state index in [2.05, 4.69) is 132 Å². The van der Waals surface area contributed by atoms with Crippen LogP contribution in [0.4, 0.5) is 0 Å². The Morgan fingerprint density at radius 1 is 0.359 bits per heavy atom. The number of aromatic nitrogens is 4. The number of hydrogen-bond donors (Lipinski definition) is 0. The molecule has 9 aromatic carbocycles. The molecule has 0 radical (unpaired) electrons. The van der Waals surface area contributed by atoms with Crippen LogP contribution >= 0.6 is 11.3 Å². The number of nitrogens with zero attached hydrogens (tertiary/aromatic N) is 4. The van der Waals surface area contributed by atoms with Gasteiger partial charge in [-0.25, -0.2) is 15.0 Å². The summed E-state index contributed by atoms with van der Waals surface area (Å²) in [5.74, 6) is 1.72. The van der Waals surface area contributed by atoms with Gasteiger partial charge in [-0.2, -0.15) is 0 Å². The normalized spacial score (nSPS) is 12.1. The standard InChI is InChI=1S/C57H32N4O2S/c1-2-12-33(13-3-1)55-58-56(35-24-27-40-39-15-5-8-21-48(39)62-50(40)31-35)60-57(59-55)44-19-11-22-49-53(44)43-28-26-36(32-51(43)63-49)61-46-20-7-4-14-38(46)45-30-34(25-29-47(45)61)37-17-10-18-42-41-16-6-9-23-52(41)64-54(37)42/h1-32H. The van der Waals surface area contributed by atoms with Gasteiger partial charge in [-0.05, 0) is 71.8 Å². The second-order valence-electron chi connectivity index (χ2n) is 16.3. The van der Waals surface area contributed by atoms with Crippen molar-refractivity contribution in [1.82, 2.24) is 19.5 Å². The molecule has 14 rings (SSSR count). The first kappa shape index (κ1) is 35.2. The van der Waals surface area contributed by atoms with Crippen molar-refractivity contribution in [2.75, 3.05) is 0 Å². The minimum absolute atomic E-state index is 0.563. The van der Waals surface area contributed by atoms with Gasteiger partial charge < -0.3 is 13.4 Å². The Balaban J connectivity index is 0.916. The first-order chi connectivity index (χ1) is 31.7. The summed E-state index contributed by atoms with van der Waals surface area (Å²) in [4.78, 5) is 15.3. The van der Waals surface area contributed by atoms with E-state index in [9.17, 15) is 0 Å². The lowest BCUT2D eigenvalue weighted by Crippen LogP contribution is -2.00. The van der Waals surface area contributed by atoms with Gasteiger partial charge in [0.25, 0.3) is 0 Å². The number of fused-ring (bicyclic) bond motifs is 12. The monoisotopic (exact) mass is 836 g/mol. The van der Waals surface area contributed by atoms with Gasteiger partial charge in [0.05, 0.1) is 11.0 Å². The van der Waals surface area contributed by atoms with Crippen LogP contribution in [0.2, 0.25) is 0 Å². The first-order valence-electron chi connectivity index (χ1n) is 21.3. The summed E-state index contributed by atoms with van der Waals surface area (Å²) in [6.45, 7) is 0. The number of para-hydroxylation sites is 2. The molecule has 14 aromatic rings. The van der Waals surface area contributed by atoms with Gasteiger partial charge >= 0.3 is 0 Å². The highest BCUT2D eigenvalue weighted by Crippen LogP contribution is 2.43. The number of furan rings is 2. The third kappa shape index (κ3) is 5.28. The van der Waals surface area contributed by atoms with Crippen molar-refractivity contribution in [3.05, 3.63) is 194 Å². The molecule has 0 atom stereocenters. The number of benzene rings is 9. The maximum absolute atomic E-state index is 6.73. The molecule has 7 heteroatoms. The fourth-order valence-electron chi connectivity index (χ4n) is 9.74. The van der Waals surface area contributed by atoms with Crippen molar-refractivity contribution in [3.8, 4) is 51.0 Å². The van der Waals surface area contributed by atoms with Crippen molar-refractivity contribution >= 4 is 97.2 Å². The molecule has 0 bridgehead atoms. The summed E-state index contributed by atoms with van der Waals surface area (Å²) in [5.41, 5.74) is 11.6. The minimum Gasteiger partial charge on any atom is -0.456 e. The SMILES string of the molecule is c1ccc(-c2nc(-c3ccc4c(c3)oc3ccccc34)nc(-c3cccc4oc5cc(-n6c7ccccc7c7cc(-c8cccc9c8sc8ccccc89)ccc76)ccc5c34)n2)cc1. The zero-order valence-corrected chi connectivity index (χ0v) is 34.8. The first-order valence-corrected chi connectivity index (χ1v) is 22.1. The second kappa shape index (κ2) is 13.6. The van der Waals surface area contributed by atoms with Gasteiger partial charge in [0.1, 0.15) is 22.3 Å². The molecule has 0 saturated carbocycles. The second-order valence-corrected chi connectivity index (χ2v) is 17.4. The van der Waals surface area contributed by atoms with E-state index in [1.54, 1.807) is 0 Å². The quantitative estimate of drug-likeness (QED) is 0.173. The van der Waals surface area contributed by atoms with Crippen LogP contribution in [0.1, 0.15) is 0 Å². The predicted molar refractivity (Wildman–Crippen MR) is 263 cm³/mol. The topological polar surface area (TPSA) is 69.9 Å². The molecule has 0 N–H and O–H groups in total. The third-order valence-electron chi connectivity index (χ3n) is 12.7. The predicted octanol–water partition coefficient (Wildman–Crippen LogP) is 15.8. The average molecular weight is 837 g/mol. The largest absolute Gasteiger partial charge is 0.456 e. The highest BCUT2D eigenvalue weighted by molar-refractivity contribution is 7.26. The summed E-state index contributed by atoms with van der Waals surface area (Å²) >= 11 is 1.87. The van der Waals surface area contributed by atoms with Crippen LogP contribution in [0, 0.1) is 0 Å². The Bertz CT molecular complexity index is 4210. The molecule has 0 fully saturated rings. The van der Waals surface area contributed by atoms with Crippen molar-refractivity contribution in [2.45, 2.75) is 0 Å². The van der Waals surface area contributed by atoms with E-state index >= 15 is 0 Å². The molecule has 0 aliphatic rings. The van der Waals surface area contributed by atoms with Gasteiger partial charge in [0.2, 0.25) is 0 Å². The van der Waals surface area contributed by atoms with Gasteiger partial charge in [0, 0.05) is 80.9 Å². The van der Waals surface area contributed by atoms with Gasteiger partial charge in [-0.15, -0.1) is 11.3 Å². The lowest BCUT2D eigenvalue weighted by Gasteiger charge is -2.10. The lowest BCUT2D eigenvalue weighted by molar-refractivity contribution is 0.668. The Morgan fingerprint density at radius 3 is 1.92 bits per heavy atom. The van der Waals surface area contributed by atoms with Crippen molar-refractivity contribution in [1.29, 1.82) is 0 Å². The summed E-state index contributed by atoms with van der Waals surface area (Å²) < 4.78 is 18.0. The molecule has 0 saturated heterocycles. The summed E-state index contributed by atoms with van der Waals surface area (Å²) in [6.07, 6.45) is 0. The molecule has 298 valence electrons. The third-order valence-corrected chi connectivity index (χ3v) is 13.9. The van der Waals surface area contributed by atoms with Crippen LogP contribution < -0.4 is 0 Å². The van der Waals surface area contributed by atoms with Gasteiger partial charge in [-0.3, -0.25) is 0 Å². The smallest absolute Gasteiger partial charge is 0.164 e. The molecule has 5 aromatic heterocycles. The van der Waals surface area contributed by atoms with E-state index in [0.717, 1.165) is 77.3 Å². The molecule has 64 heavy (non-hydrogen) atoms. The van der Waals surface area contributed by atoms with Crippen molar-refractivity contribution < 1.29 is 8.83 Å². The summed E-state index contributed by atoms with van der Waals surface area (Å²) in [6, 6.07) is 67.9. The van der Waals surface area contributed by atoms with E-state index in [4.69, 9.17) is 23.8 Å². The molecular formula is C57H32N4O2S. The molecule has 0 amide bonds. The Kier molecular flexibility index (Phi) is 7.46. The Labute approximate surface area is 368 Å². The van der Waals surface area contributed by atoms with Crippen LogP contribution in [0.5, 0.6) is 0 Å². The number of rotatable bonds is 5. The fourth-order valence-corrected chi connectivity index (χ4v) is 11.0. The fraction of sp³-hybridized carbons (Fsp3) is 0. The zero-order chi connectivity index (χ0) is 41.9. The van der Waals surface area contributed by atoms with E-state index in [1.165, 1.54) is 42.1 Å². The van der Waals surface area contributed by atoms with Crippen molar-refractivity contribution in [2.24, 2.45) is 0 Å². The summed E-state index contributed by atoms with van der Waals surface area (Å²) in [5, 5.41) is 9.09. The van der Waals surface area contributed by atoms with Crippen molar-refractivity contribution in [3.63, 3.8) is 0 Å². The molecule has 0 aliphatic heterocycles. The van der Waals surface area contributed by atoms with Crippen LogP contribution in [0.15, 0.2) is 203 Å².